The Kier molecular flexibility index (Phi) is 5.16. The molecule has 0 saturated heterocycles. The van der Waals surface area contributed by atoms with E-state index in [2.05, 4.69) is 28.2 Å². The first-order chi connectivity index (χ1) is 9.56. The second-order valence-corrected chi connectivity index (χ2v) is 6.56. The van der Waals surface area contributed by atoms with E-state index in [1.165, 1.54) is 32.1 Å². The molecule has 0 aliphatic heterocycles. The third-order valence-electron chi connectivity index (χ3n) is 4.45. The zero-order valence-electron chi connectivity index (χ0n) is 11.8. The number of halogens is 1. The van der Waals surface area contributed by atoms with Gasteiger partial charge < -0.3 is 5.32 Å². The Morgan fingerprint density at radius 1 is 1.40 bits per heavy atom. The maximum absolute atomic E-state index is 10.9. The number of hydrogen-bond acceptors (Lipinski definition) is 3. The van der Waals surface area contributed by atoms with E-state index in [4.69, 9.17) is 0 Å². The summed E-state index contributed by atoms with van der Waals surface area (Å²) in [6.45, 7) is 3.96. The quantitative estimate of drug-likeness (QED) is 0.616. The van der Waals surface area contributed by atoms with Crippen molar-refractivity contribution in [2.75, 3.05) is 6.54 Å². The van der Waals surface area contributed by atoms with Gasteiger partial charge in [-0.2, -0.15) is 0 Å². The van der Waals surface area contributed by atoms with Crippen molar-refractivity contribution in [1.29, 1.82) is 0 Å². The summed E-state index contributed by atoms with van der Waals surface area (Å²) < 4.78 is 0.534. The molecule has 0 spiro atoms. The van der Waals surface area contributed by atoms with Gasteiger partial charge in [0.2, 0.25) is 0 Å². The molecule has 0 bridgehead atoms. The van der Waals surface area contributed by atoms with E-state index in [-0.39, 0.29) is 10.6 Å². The molecule has 1 aromatic rings. The molecule has 0 heterocycles. The molecule has 110 valence electrons. The van der Waals surface area contributed by atoms with E-state index in [9.17, 15) is 10.1 Å². The van der Waals surface area contributed by atoms with Gasteiger partial charge in [0.05, 0.1) is 9.40 Å². The van der Waals surface area contributed by atoms with Crippen LogP contribution < -0.4 is 5.32 Å². The van der Waals surface area contributed by atoms with Crippen LogP contribution in [0.2, 0.25) is 0 Å². The van der Waals surface area contributed by atoms with Crippen molar-refractivity contribution in [1.82, 2.24) is 5.32 Å². The monoisotopic (exact) mass is 340 g/mol. The van der Waals surface area contributed by atoms with Crippen LogP contribution in [0.5, 0.6) is 0 Å². The van der Waals surface area contributed by atoms with Gasteiger partial charge in [-0.05, 0) is 52.2 Å². The fourth-order valence-electron chi connectivity index (χ4n) is 3.06. The van der Waals surface area contributed by atoms with Gasteiger partial charge in [0.25, 0.3) is 5.69 Å². The second-order valence-electron chi connectivity index (χ2n) is 5.71. The van der Waals surface area contributed by atoms with Gasteiger partial charge in [0, 0.05) is 19.2 Å². The zero-order valence-corrected chi connectivity index (χ0v) is 13.4. The summed E-state index contributed by atoms with van der Waals surface area (Å²) in [4.78, 5) is 10.6. The minimum absolute atomic E-state index is 0.135. The van der Waals surface area contributed by atoms with Crippen LogP contribution in [-0.2, 0) is 6.54 Å². The first kappa shape index (κ1) is 15.4. The Morgan fingerprint density at radius 2 is 2.10 bits per heavy atom. The molecule has 0 radical (unpaired) electrons. The highest BCUT2D eigenvalue weighted by atomic mass is 79.9. The van der Waals surface area contributed by atoms with Crippen LogP contribution >= 0.6 is 15.9 Å². The Bertz CT molecular complexity index is 485. The first-order valence-electron chi connectivity index (χ1n) is 7.20. The zero-order chi connectivity index (χ0) is 14.6. The van der Waals surface area contributed by atoms with Crippen LogP contribution in [0.1, 0.15) is 44.6 Å². The molecule has 2 rings (SSSR count). The predicted octanol–water partition coefficient (Wildman–Crippen LogP) is 4.42. The smallest absolute Gasteiger partial charge is 0.283 e. The van der Waals surface area contributed by atoms with Crippen molar-refractivity contribution in [3.63, 3.8) is 0 Å². The van der Waals surface area contributed by atoms with E-state index in [0.29, 0.717) is 16.4 Å². The van der Waals surface area contributed by atoms with E-state index in [1.807, 2.05) is 6.07 Å². The Balaban J connectivity index is 1.94. The summed E-state index contributed by atoms with van der Waals surface area (Å²) in [5.41, 5.74) is 1.54. The lowest BCUT2D eigenvalue weighted by Gasteiger charge is -2.27. The Labute approximate surface area is 128 Å². The minimum atomic E-state index is -0.349. The Morgan fingerprint density at radius 3 is 2.70 bits per heavy atom. The average molecular weight is 341 g/mol. The predicted molar refractivity (Wildman–Crippen MR) is 83.7 cm³/mol. The van der Waals surface area contributed by atoms with Crippen molar-refractivity contribution >= 4 is 21.6 Å². The van der Waals surface area contributed by atoms with Gasteiger partial charge in [-0.25, -0.2) is 0 Å². The third kappa shape index (κ3) is 3.58. The summed E-state index contributed by atoms with van der Waals surface area (Å²) in [6.07, 6.45) is 6.48. The van der Waals surface area contributed by atoms with Crippen LogP contribution in [-0.4, -0.2) is 11.5 Å². The molecule has 0 unspecified atom stereocenters. The number of nitro groups is 1. The van der Waals surface area contributed by atoms with Crippen molar-refractivity contribution in [3.8, 4) is 0 Å². The van der Waals surface area contributed by atoms with E-state index >= 15 is 0 Å². The fraction of sp³-hybridized carbons (Fsp3) is 0.600. The van der Waals surface area contributed by atoms with E-state index < -0.39 is 0 Å². The van der Waals surface area contributed by atoms with Crippen LogP contribution in [0.25, 0.3) is 0 Å². The normalized spacial score (nSPS) is 17.3. The number of benzene rings is 1. The fourth-order valence-corrected chi connectivity index (χ4v) is 3.45. The lowest BCUT2D eigenvalue weighted by atomic mass is 9.83. The van der Waals surface area contributed by atoms with Gasteiger partial charge in [0.15, 0.2) is 0 Å². The third-order valence-corrected chi connectivity index (χ3v) is 5.12. The van der Waals surface area contributed by atoms with E-state index in [1.54, 1.807) is 12.1 Å². The maximum Gasteiger partial charge on any atom is 0.283 e. The van der Waals surface area contributed by atoms with Gasteiger partial charge in [-0.1, -0.05) is 25.8 Å². The highest BCUT2D eigenvalue weighted by Gasteiger charge is 2.31. The first-order valence-corrected chi connectivity index (χ1v) is 7.99. The van der Waals surface area contributed by atoms with Crippen LogP contribution in [0.15, 0.2) is 22.7 Å². The molecular weight excluding hydrogens is 320 g/mol. The topological polar surface area (TPSA) is 55.2 Å². The SMILES string of the molecule is CCC1(CNCc2ccc(Br)c([N+](=O)[O-])c2)CCCC1. The largest absolute Gasteiger partial charge is 0.312 e. The lowest BCUT2D eigenvalue weighted by molar-refractivity contribution is -0.385. The molecule has 5 heteroatoms. The summed E-state index contributed by atoms with van der Waals surface area (Å²) >= 11 is 3.21. The second kappa shape index (κ2) is 6.68. The van der Waals surface area contributed by atoms with Gasteiger partial charge in [-0.3, -0.25) is 10.1 Å². The number of nitro benzene ring substituents is 1. The molecule has 1 aliphatic carbocycles. The van der Waals surface area contributed by atoms with Crippen molar-refractivity contribution < 1.29 is 4.92 Å². The summed E-state index contributed by atoms with van der Waals surface area (Å²) in [6, 6.07) is 5.32. The molecule has 1 saturated carbocycles. The molecule has 1 aromatic carbocycles. The molecule has 1 fully saturated rings. The number of hydrogen-bond donors (Lipinski definition) is 1. The van der Waals surface area contributed by atoms with Crippen molar-refractivity contribution in [3.05, 3.63) is 38.3 Å². The molecule has 1 aliphatic rings. The maximum atomic E-state index is 10.9. The lowest BCUT2D eigenvalue weighted by Crippen LogP contribution is -2.31. The highest BCUT2D eigenvalue weighted by molar-refractivity contribution is 9.10. The van der Waals surface area contributed by atoms with Gasteiger partial charge >= 0.3 is 0 Å². The molecule has 0 aromatic heterocycles. The average Bonchev–Trinajstić information content (AvgIpc) is 2.90. The van der Waals surface area contributed by atoms with Crippen molar-refractivity contribution in [2.24, 2.45) is 5.41 Å². The van der Waals surface area contributed by atoms with Crippen LogP contribution in [0.3, 0.4) is 0 Å². The molecule has 0 amide bonds. The summed E-state index contributed by atoms with van der Waals surface area (Å²) in [5.74, 6) is 0. The number of nitrogens with one attached hydrogen (secondary N) is 1. The minimum Gasteiger partial charge on any atom is -0.312 e. The summed E-state index contributed by atoms with van der Waals surface area (Å²) in [5, 5.41) is 14.4. The molecular formula is C15H21BrN2O2. The Hall–Kier alpha value is -0.940. The van der Waals surface area contributed by atoms with Crippen LogP contribution in [0, 0.1) is 15.5 Å². The number of rotatable bonds is 6. The van der Waals surface area contributed by atoms with E-state index in [0.717, 1.165) is 12.1 Å². The van der Waals surface area contributed by atoms with Crippen molar-refractivity contribution in [2.45, 2.75) is 45.6 Å². The molecule has 20 heavy (non-hydrogen) atoms. The van der Waals surface area contributed by atoms with Gasteiger partial charge in [0.1, 0.15) is 0 Å². The highest BCUT2D eigenvalue weighted by Crippen LogP contribution is 2.40. The standard InChI is InChI=1S/C15H21BrN2O2/c1-2-15(7-3-4-8-15)11-17-10-12-5-6-13(16)14(9-12)18(19)20/h5-6,9,17H,2-4,7-8,10-11H2,1H3. The molecule has 0 atom stereocenters. The van der Waals surface area contributed by atoms with Crippen LogP contribution in [0.4, 0.5) is 5.69 Å². The van der Waals surface area contributed by atoms with Gasteiger partial charge in [-0.15, -0.1) is 0 Å². The number of nitrogens with zero attached hydrogens (tertiary/aromatic N) is 1. The molecule has 1 N–H and O–H groups in total. The molecule has 4 nitrogen and oxygen atoms in total. The summed E-state index contributed by atoms with van der Waals surface area (Å²) in [7, 11) is 0.